The smallest absolute Gasteiger partial charge is 0.255 e. The van der Waals surface area contributed by atoms with Gasteiger partial charge in [0.1, 0.15) is 28.9 Å². The van der Waals surface area contributed by atoms with Gasteiger partial charge in [-0.2, -0.15) is 10.2 Å². The zero-order valence-corrected chi connectivity index (χ0v) is 22.0. The minimum atomic E-state index is -1.41. The van der Waals surface area contributed by atoms with E-state index in [0.29, 0.717) is 43.3 Å². The second-order valence-corrected chi connectivity index (χ2v) is 11.8. The van der Waals surface area contributed by atoms with Crippen LogP contribution in [-0.4, -0.2) is 32.5 Å². The minimum Gasteiger partial charge on any atom is -0.598 e. The number of nitriles is 1. The fraction of sp³-hybridized carbons (Fsp3) is 0.500. The van der Waals surface area contributed by atoms with E-state index in [1.165, 1.54) is 18.4 Å². The third-order valence-electron chi connectivity index (χ3n) is 5.98. The van der Waals surface area contributed by atoms with Crippen LogP contribution in [0.5, 0.6) is 0 Å². The molecule has 0 radical (unpaired) electrons. The SMILES string of the molecule is CC(C)(C)[S@@+]([O-])NC(CCCCCC1(c2ncco2)OCCO1)c1oc(-c2ccc(F)cc2)nc1C#N. The number of nitrogens with zero attached hydrogens (tertiary/aromatic N) is 3. The van der Waals surface area contributed by atoms with Crippen molar-refractivity contribution >= 4 is 11.4 Å². The van der Waals surface area contributed by atoms with Crippen LogP contribution in [-0.2, 0) is 26.6 Å². The lowest BCUT2D eigenvalue weighted by molar-refractivity contribution is -0.187. The van der Waals surface area contributed by atoms with Crippen molar-refractivity contribution in [2.24, 2.45) is 0 Å². The summed E-state index contributed by atoms with van der Waals surface area (Å²) in [6, 6.07) is 7.27. The summed E-state index contributed by atoms with van der Waals surface area (Å²) in [5.41, 5.74) is 0.659. The van der Waals surface area contributed by atoms with Gasteiger partial charge in [0.15, 0.2) is 11.5 Å². The van der Waals surface area contributed by atoms with Crippen molar-refractivity contribution in [2.45, 2.75) is 69.5 Å². The second-order valence-electron chi connectivity index (χ2n) is 9.79. The molecule has 4 rings (SSSR count). The molecule has 1 saturated heterocycles. The minimum absolute atomic E-state index is 0.110. The van der Waals surface area contributed by atoms with Gasteiger partial charge in [-0.3, -0.25) is 0 Å². The zero-order chi connectivity index (χ0) is 26.5. The maximum atomic E-state index is 13.4. The molecule has 11 heteroatoms. The number of nitrogens with one attached hydrogen (secondary N) is 1. The van der Waals surface area contributed by atoms with Crippen molar-refractivity contribution in [2.75, 3.05) is 13.2 Å². The first-order chi connectivity index (χ1) is 17.7. The van der Waals surface area contributed by atoms with Crippen LogP contribution in [0.25, 0.3) is 11.5 Å². The summed E-state index contributed by atoms with van der Waals surface area (Å²) in [6.07, 6.45) is 6.55. The quantitative estimate of drug-likeness (QED) is 0.260. The highest BCUT2D eigenvalue weighted by Crippen LogP contribution is 2.36. The number of aromatic nitrogens is 2. The van der Waals surface area contributed by atoms with Gasteiger partial charge in [0, 0.05) is 23.3 Å². The normalized spacial score (nSPS) is 17.0. The van der Waals surface area contributed by atoms with Gasteiger partial charge in [0.2, 0.25) is 11.7 Å². The van der Waals surface area contributed by atoms with Crippen molar-refractivity contribution in [3.8, 4) is 17.5 Å². The van der Waals surface area contributed by atoms with E-state index in [-0.39, 0.29) is 17.4 Å². The molecule has 3 heterocycles. The highest BCUT2D eigenvalue weighted by atomic mass is 32.2. The second kappa shape index (κ2) is 11.8. The lowest BCUT2D eigenvalue weighted by atomic mass is 10.0. The zero-order valence-electron chi connectivity index (χ0n) is 21.2. The van der Waals surface area contributed by atoms with Crippen molar-refractivity contribution < 1.29 is 27.3 Å². The number of oxazole rings is 2. The van der Waals surface area contributed by atoms with E-state index in [9.17, 15) is 14.2 Å². The first-order valence-electron chi connectivity index (χ1n) is 12.2. The Morgan fingerprint density at radius 2 is 1.92 bits per heavy atom. The molecule has 1 N–H and O–H groups in total. The Labute approximate surface area is 218 Å². The summed E-state index contributed by atoms with van der Waals surface area (Å²) in [5.74, 6) is -0.396. The maximum Gasteiger partial charge on any atom is 0.255 e. The highest BCUT2D eigenvalue weighted by Gasteiger charge is 2.42. The Morgan fingerprint density at radius 1 is 1.19 bits per heavy atom. The molecule has 0 aliphatic carbocycles. The number of rotatable bonds is 11. The third-order valence-corrected chi connectivity index (χ3v) is 7.59. The number of benzene rings is 1. The molecular formula is C26H31FN4O5S. The molecule has 37 heavy (non-hydrogen) atoms. The molecule has 2 aromatic heterocycles. The Morgan fingerprint density at radius 3 is 2.54 bits per heavy atom. The predicted octanol–water partition coefficient (Wildman–Crippen LogP) is 5.28. The molecule has 1 fully saturated rings. The molecular weight excluding hydrogens is 499 g/mol. The molecule has 0 amide bonds. The first kappa shape index (κ1) is 27.3. The molecule has 198 valence electrons. The van der Waals surface area contributed by atoms with Crippen LogP contribution in [0.2, 0.25) is 0 Å². The van der Waals surface area contributed by atoms with Gasteiger partial charge in [0.25, 0.3) is 5.89 Å². The molecule has 0 spiro atoms. The van der Waals surface area contributed by atoms with Crippen LogP contribution >= 0.6 is 0 Å². The number of ether oxygens (including phenoxy) is 2. The molecule has 3 aromatic rings. The molecule has 1 aromatic carbocycles. The van der Waals surface area contributed by atoms with Crippen LogP contribution in [0.4, 0.5) is 4.39 Å². The van der Waals surface area contributed by atoms with Gasteiger partial charge in [0.05, 0.1) is 19.4 Å². The molecule has 1 aliphatic rings. The Hall–Kier alpha value is -2.75. The Bertz CT molecular complexity index is 1180. The Balaban J connectivity index is 1.45. The van der Waals surface area contributed by atoms with Crippen molar-refractivity contribution in [3.63, 3.8) is 0 Å². The van der Waals surface area contributed by atoms with E-state index in [1.807, 2.05) is 20.8 Å². The van der Waals surface area contributed by atoms with Crippen LogP contribution in [0, 0.1) is 17.1 Å². The standard InChI is InChI=1S/C26H31FN4O5S/c1-25(2,3)37(32)31-20(22-21(17-28)30-23(36-22)18-8-10-19(27)11-9-18)7-5-4-6-12-26(34-15-16-35-26)24-29-13-14-33-24/h8-11,13-14,20,31H,4-7,12,15-16H2,1-3H3/t20?,37-/m1/s1. The fourth-order valence-electron chi connectivity index (χ4n) is 4.04. The van der Waals surface area contributed by atoms with Crippen LogP contribution in [0.3, 0.4) is 0 Å². The van der Waals surface area contributed by atoms with E-state index < -0.39 is 27.9 Å². The van der Waals surface area contributed by atoms with Gasteiger partial charge < -0.3 is 22.9 Å². The summed E-state index contributed by atoms with van der Waals surface area (Å²) < 4.78 is 52.1. The van der Waals surface area contributed by atoms with Gasteiger partial charge in [-0.15, -0.1) is 4.72 Å². The fourth-order valence-corrected chi connectivity index (χ4v) is 4.87. The lowest BCUT2D eigenvalue weighted by Crippen LogP contribution is -2.41. The number of hydrogen-bond acceptors (Lipinski definition) is 9. The van der Waals surface area contributed by atoms with Gasteiger partial charge in [-0.1, -0.05) is 12.8 Å². The average molecular weight is 531 g/mol. The molecule has 0 bridgehead atoms. The first-order valence-corrected chi connectivity index (χ1v) is 13.4. The van der Waals surface area contributed by atoms with E-state index >= 15 is 0 Å². The number of unbranched alkanes of at least 4 members (excludes halogenated alkanes) is 2. The summed E-state index contributed by atoms with van der Waals surface area (Å²) in [4.78, 5) is 8.53. The largest absolute Gasteiger partial charge is 0.598 e. The number of halogens is 1. The summed E-state index contributed by atoms with van der Waals surface area (Å²) in [6.45, 7) is 6.56. The van der Waals surface area contributed by atoms with E-state index in [0.717, 1.165) is 19.3 Å². The average Bonchev–Trinajstić information content (AvgIpc) is 3.64. The molecule has 0 saturated carbocycles. The highest BCUT2D eigenvalue weighted by molar-refractivity contribution is 7.90. The summed E-state index contributed by atoms with van der Waals surface area (Å²) in [5, 5.41) is 9.74. The van der Waals surface area contributed by atoms with Gasteiger partial charge >= 0.3 is 0 Å². The summed E-state index contributed by atoms with van der Waals surface area (Å²) in [7, 11) is 0. The van der Waals surface area contributed by atoms with Gasteiger partial charge in [-0.25, -0.2) is 9.37 Å². The number of hydrogen-bond donors (Lipinski definition) is 1. The maximum absolute atomic E-state index is 13.4. The summed E-state index contributed by atoms with van der Waals surface area (Å²) >= 11 is -1.41. The Kier molecular flexibility index (Phi) is 8.67. The van der Waals surface area contributed by atoms with Gasteiger partial charge in [-0.05, 0) is 57.9 Å². The van der Waals surface area contributed by atoms with Crippen LogP contribution in [0.15, 0.2) is 45.6 Å². The molecule has 2 atom stereocenters. The monoisotopic (exact) mass is 530 g/mol. The lowest BCUT2D eigenvalue weighted by Gasteiger charge is -2.27. The van der Waals surface area contributed by atoms with E-state index in [2.05, 4.69) is 20.8 Å². The van der Waals surface area contributed by atoms with Crippen molar-refractivity contribution in [1.29, 1.82) is 5.26 Å². The molecule has 1 unspecified atom stereocenters. The van der Waals surface area contributed by atoms with Crippen LogP contribution in [0.1, 0.15) is 76.3 Å². The predicted molar refractivity (Wildman–Crippen MR) is 134 cm³/mol. The molecule has 1 aliphatic heterocycles. The van der Waals surface area contributed by atoms with E-state index in [1.54, 1.807) is 18.3 Å². The van der Waals surface area contributed by atoms with Crippen molar-refractivity contribution in [3.05, 3.63) is 59.9 Å². The van der Waals surface area contributed by atoms with E-state index in [4.69, 9.17) is 18.3 Å². The van der Waals surface area contributed by atoms with Crippen LogP contribution < -0.4 is 4.72 Å². The van der Waals surface area contributed by atoms with Crippen molar-refractivity contribution in [1.82, 2.24) is 14.7 Å². The molecule has 9 nitrogen and oxygen atoms in total. The third kappa shape index (κ3) is 6.58. The topological polar surface area (TPSA) is 129 Å².